The number of carboxylic acid groups (broad SMARTS) is 2. The van der Waals surface area contributed by atoms with Crippen LogP contribution in [0.15, 0.2) is 0 Å². The summed E-state index contributed by atoms with van der Waals surface area (Å²) in [5, 5.41) is 17.8. The highest BCUT2D eigenvalue weighted by Gasteiger charge is 2.51. The van der Waals surface area contributed by atoms with Gasteiger partial charge >= 0.3 is 11.9 Å². The topological polar surface area (TPSA) is 129 Å². The van der Waals surface area contributed by atoms with Gasteiger partial charge in [-0.1, -0.05) is 51.9 Å². The maximum absolute atomic E-state index is 11.3. The molecule has 0 amide bonds. The summed E-state index contributed by atoms with van der Waals surface area (Å²) in [5.74, 6) is -3.39. The van der Waals surface area contributed by atoms with Crippen molar-refractivity contribution in [1.82, 2.24) is 0 Å². The number of hydrogen-bond donors (Lipinski definition) is 3. The lowest BCUT2D eigenvalue weighted by atomic mass is 9.96. The highest BCUT2D eigenvalue weighted by Crippen LogP contribution is 2.29. The van der Waals surface area contributed by atoms with Gasteiger partial charge in [0.1, 0.15) is 0 Å². The normalized spacial score (nSPS) is 14.6. The van der Waals surface area contributed by atoms with Crippen LogP contribution in [0.5, 0.6) is 0 Å². The predicted octanol–water partition coefficient (Wildman–Crippen LogP) is 2.31. The van der Waals surface area contributed by atoms with Gasteiger partial charge < -0.3 is 10.2 Å². The minimum absolute atomic E-state index is 0.242. The molecule has 3 N–H and O–H groups in total. The average molecular weight is 324 g/mol. The van der Waals surface area contributed by atoms with Gasteiger partial charge in [0.05, 0.1) is 6.42 Å². The Hall–Kier alpha value is -1.15. The van der Waals surface area contributed by atoms with Crippen LogP contribution in [0.2, 0.25) is 0 Å². The number of carbonyl (C=O) groups is 2. The summed E-state index contributed by atoms with van der Waals surface area (Å²) in [6.45, 7) is 2.08. The molecule has 0 heterocycles. The molecule has 0 aromatic carbocycles. The zero-order valence-electron chi connectivity index (χ0n) is 12.2. The fraction of sp³-hybridized carbons (Fsp3) is 0.846. The molecule has 0 aromatic heterocycles. The second-order valence-electron chi connectivity index (χ2n) is 5.22. The van der Waals surface area contributed by atoms with E-state index in [1.807, 2.05) is 0 Å². The first-order chi connectivity index (χ1) is 9.67. The van der Waals surface area contributed by atoms with Crippen molar-refractivity contribution < 1.29 is 32.8 Å². The smallest absolute Gasteiger partial charge is 0.328 e. The van der Waals surface area contributed by atoms with E-state index in [9.17, 15) is 18.0 Å². The molecule has 1 unspecified atom stereocenters. The number of unbranched alkanes of at least 4 members (excludes halogenated alkanes) is 6. The van der Waals surface area contributed by atoms with Crippen LogP contribution < -0.4 is 0 Å². The van der Waals surface area contributed by atoms with Crippen molar-refractivity contribution in [3.8, 4) is 0 Å². The molecule has 7 nitrogen and oxygen atoms in total. The Morgan fingerprint density at radius 1 is 0.952 bits per heavy atom. The number of hydrogen-bond acceptors (Lipinski definition) is 4. The second kappa shape index (κ2) is 8.99. The highest BCUT2D eigenvalue weighted by molar-refractivity contribution is 7.88. The Morgan fingerprint density at radius 3 is 1.81 bits per heavy atom. The molecule has 0 aliphatic rings. The molecular weight excluding hydrogens is 300 g/mol. The monoisotopic (exact) mass is 324 g/mol. The molecule has 21 heavy (non-hydrogen) atoms. The predicted molar refractivity (Wildman–Crippen MR) is 76.8 cm³/mol. The van der Waals surface area contributed by atoms with E-state index in [4.69, 9.17) is 14.8 Å². The Labute approximate surface area is 125 Å². The molecule has 0 spiro atoms. The van der Waals surface area contributed by atoms with Gasteiger partial charge in [-0.05, 0) is 6.42 Å². The van der Waals surface area contributed by atoms with Gasteiger partial charge in [0.25, 0.3) is 10.1 Å². The molecule has 0 radical (unpaired) electrons. The molecule has 8 heteroatoms. The van der Waals surface area contributed by atoms with Crippen LogP contribution in [0.25, 0.3) is 0 Å². The van der Waals surface area contributed by atoms with Gasteiger partial charge in [-0.25, -0.2) is 0 Å². The van der Waals surface area contributed by atoms with Crippen molar-refractivity contribution in [3.63, 3.8) is 0 Å². The summed E-state index contributed by atoms with van der Waals surface area (Å²) >= 11 is 0. The third-order valence-electron chi connectivity index (χ3n) is 3.50. The lowest BCUT2D eigenvalue weighted by molar-refractivity contribution is -0.147. The SMILES string of the molecule is CCCCCCCCCC(CC(=O)O)(C(=O)O)S(=O)(=O)O. The molecule has 0 rings (SSSR count). The van der Waals surface area contributed by atoms with Crippen molar-refractivity contribution in [2.24, 2.45) is 0 Å². The number of carboxylic acids is 2. The molecular formula is C13H24O7S. The van der Waals surface area contributed by atoms with Gasteiger partial charge in [0, 0.05) is 0 Å². The van der Waals surface area contributed by atoms with Gasteiger partial charge in [0.2, 0.25) is 4.75 Å². The van der Waals surface area contributed by atoms with Crippen LogP contribution >= 0.6 is 0 Å². The lowest BCUT2D eigenvalue weighted by Crippen LogP contribution is -2.48. The molecule has 124 valence electrons. The van der Waals surface area contributed by atoms with E-state index in [2.05, 4.69) is 6.92 Å². The van der Waals surface area contributed by atoms with Gasteiger partial charge in [-0.2, -0.15) is 8.42 Å². The fourth-order valence-corrected chi connectivity index (χ4v) is 3.14. The van der Waals surface area contributed by atoms with Crippen LogP contribution in [-0.4, -0.2) is 39.9 Å². The third-order valence-corrected chi connectivity index (χ3v) is 5.02. The lowest BCUT2D eigenvalue weighted by Gasteiger charge is -2.24. The minimum Gasteiger partial charge on any atom is -0.481 e. The van der Waals surface area contributed by atoms with Crippen LogP contribution in [0.3, 0.4) is 0 Å². The van der Waals surface area contributed by atoms with Crippen molar-refractivity contribution in [2.75, 3.05) is 0 Å². The first-order valence-electron chi connectivity index (χ1n) is 7.09. The van der Waals surface area contributed by atoms with Crippen LogP contribution in [-0.2, 0) is 19.7 Å². The molecule has 0 saturated carbocycles. The summed E-state index contributed by atoms with van der Waals surface area (Å²) < 4.78 is 29.2. The Bertz CT molecular complexity index is 443. The van der Waals surface area contributed by atoms with E-state index >= 15 is 0 Å². The molecule has 0 aliphatic carbocycles. The summed E-state index contributed by atoms with van der Waals surface area (Å²) in [7, 11) is -5.00. The minimum atomic E-state index is -5.00. The highest BCUT2D eigenvalue weighted by atomic mass is 32.2. The zero-order chi connectivity index (χ0) is 16.5. The summed E-state index contributed by atoms with van der Waals surface area (Å²) in [4.78, 5) is 21.9. The average Bonchev–Trinajstić information content (AvgIpc) is 2.34. The van der Waals surface area contributed by atoms with E-state index in [-0.39, 0.29) is 6.42 Å². The third kappa shape index (κ3) is 6.43. The fourth-order valence-electron chi connectivity index (χ4n) is 2.21. The molecule has 1 atom stereocenters. The van der Waals surface area contributed by atoms with Crippen molar-refractivity contribution in [3.05, 3.63) is 0 Å². The van der Waals surface area contributed by atoms with Crippen molar-refractivity contribution in [1.29, 1.82) is 0 Å². The first-order valence-corrected chi connectivity index (χ1v) is 8.53. The van der Waals surface area contributed by atoms with Crippen molar-refractivity contribution in [2.45, 2.75) is 69.5 Å². The summed E-state index contributed by atoms with van der Waals surface area (Å²) in [6.07, 6.45) is 4.38. The zero-order valence-corrected chi connectivity index (χ0v) is 13.1. The molecule has 0 saturated heterocycles. The Morgan fingerprint density at radius 2 is 1.43 bits per heavy atom. The standard InChI is InChI=1S/C13H24O7S/c1-2-3-4-5-6-7-8-9-13(12(16)17,10-11(14)15)21(18,19)20/h2-10H2,1H3,(H,14,15)(H,16,17)(H,18,19,20). The quantitative estimate of drug-likeness (QED) is 0.371. The Kier molecular flexibility index (Phi) is 8.50. The maximum atomic E-state index is 11.3. The van der Waals surface area contributed by atoms with E-state index < -0.39 is 39.6 Å². The molecule has 0 bridgehead atoms. The van der Waals surface area contributed by atoms with Gasteiger partial charge in [-0.15, -0.1) is 0 Å². The van der Waals surface area contributed by atoms with Crippen LogP contribution in [0.1, 0.15) is 64.7 Å². The number of aliphatic carboxylic acids is 2. The van der Waals surface area contributed by atoms with E-state index in [1.54, 1.807) is 0 Å². The summed E-state index contributed by atoms with van der Waals surface area (Å²) in [5.41, 5.74) is 0. The maximum Gasteiger partial charge on any atom is 0.328 e. The van der Waals surface area contributed by atoms with Gasteiger partial charge in [0.15, 0.2) is 0 Å². The van der Waals surface area contributed by atoms with E-state index in [0.29, 0.717) is 6.42 Å². The molecule has 0 aromatic rings. The molecule has 0 fully saturated rings. The van der Waals surface area contributed by atoms with E-state index in [0.717, 1.165) is 32.1 Å². The Balaban J connectivity index is 4.63. The van der Waals surface area contributed by atoms with Gasteiger partial charge in [-0.3, -0.25) is 14.1 Å². The van der Waals surface area contributed by atoms with Crippen LogP contribution in [0.4, 0.5) is 0 Å². The number of rotatable bonds is 12. The van der Waals surface area contributed by atoms with Crippen LogP contribution in [0, 0.1) is 0 Å². The second-order valence-corrected chi connectivity index (χ2v) is 6.95. The summed E-state index contributed by atoms with van der Waals surface area (Å²) in [6, 6.07) is 0. The van der Waals surface area contributed by atoms with Crippen molar-refractivity contribution >= 4 is 22.1 Å². The molecule has 0 aliphatic heterocycles. The van der Waals surface area contributed by atoms with E-state index in [1.165, 1.54) is 0 Å². The largest absolute Gasteiger partial charge is 0.481 e. The first kappa shape index (κ1) is 19.9.